The van der Waals surface area contributed by atoms with E-state index in [1.807, 2.05) is 45.0 Å². The van der Waals surface area contributed by atoms with Crippen molar-refractivity contribution in [3.05, 3.63) is 58.1 Å². The predicted octanol–water partition coefficient (Wildman–Crippen LogP) is 1.44. The average molecular weight is 351 g/mol. The third kappa shape index (κ3) is 5.43. The van der Waals surface area contributed by atoms with Crippen LogP contribution in [0.25, 0.3) is 0 Å². The van der Waals surface area contributed by atoms with Crippen molar-refractivity contribution >= 4 is 19.4 Å². The maximum Gasteiger partial charge on any atom is 1.00 e. The number of benzene rings is 2. The second kappa shape index (κ2) is 9.56. The van der Waals surface area contributed by atoms with Gasteiger partial charge < -0.3 is 9.47 Å². The molecule has 2 rings (SSSR count). The van der Waals surface area contributed by atoms with Gasteiger partial charge in [-0.3, -0.25) is 4.79 Å². The number of methoxy groups -OCH3 is 1. The first-order valence-corrected chi connectivity index (χ1v) is 9.01. The Balaban J connectivity index is 0.00000312. The number of carbonyl (C=O) groups excluding carboxylic acids is 1. The molecule has 0 spiro atoms. The van der Waals surface area contributed by atoms with Gasteiger partial charge >= 0.3 is 18.9 Å². The van der Waals surface area contributed by atoms with Crippen LogP contribution in [0.1, 0.15) is 39.5 Å². The molecule has 25 heavy (non-hydrogen) atoms. The molecule has 0 N–H and O–H groups in total. The van der Waals surface area contributed by atoms with Gasteiger partial charge in [-0.2, -0.15) is 0 Å². The van der Waals surface area contributed by atoms with Gasteiger partial charge in [-0.05, 0) is 82.9 Å². The van der Waals surface area contributed by atoms with E-state index in [0.29, 0.717) is 0 Å². The summed E-state index contributed by atoms with van der Waals surface area (Å²) in [6.45, 7) is 10.1. The molecule has 0 aromatic heterocycles. The minimum Gasteiger partial charge on any atom is -0.465 e. The topological polar surface area (TPSA) is 35.5 Å². The molecular weight excluding hydrogens is 326 g/mol. The summed E-state index contributed by atoms with van der Waals surface area (Å²) in [6.07, 6.45) is -0.291. The van der Waals surface area contributed by atoms with Crippen LogP contribution in [0.5, 0.6) is 5.75 Å². The molecule has 0 radical (unpaired) electrons. The van der Waals surface area contributed by atoms with Gasteiger partial charge in [-0.15, -0.1) is 0 Å². The summed E-state index contributed by atoms with van der Waals surface area (Å²) in [5, 5.41) is 1.01. The smallest absolute Gasteiger partial charge is 0.465 e. The van der Waals surface area contributed by atoms with Crippen molar-refractivity contribution in [1.82, 2.24) is 0 Å². The van der Waals surface area contributed by atoms with Crippen molar-refractivity contribution in [1.29, 1.82) is 0 Å². The number of hydrogen-bond acceptors (Lipinski definition) is 3. The summed E-state index contributed by atoms with van der Waals surface area (Å²) in [6, 6.07) is 9.75. The van der Waals surface area contributed by atoms with E-state index in [0.717, 1.165) is 27.7 Å². The van der Waals surface area contributed by atoms with Crippen LogP contribution in [0.15, 0.2) is 30.3 Å². The largest absolute Gasteiger partial charge is 1.00 e. The van der Waals surface area contributed by atoms with E-state index in [2.05, 4.69) is 19.9 Å². The molecule has 0 saturated heterocycles. The molecule has 2 unspecified atom stereocenters. The van der Waals surface area contributed by atoms with Gasteiger partial charge in [0.15, 0.2) is 11.8 Å². The molecule has 2 atom stereocenters. The van der Waals surface area contributed by atoms with Crippen molar-refractivity contribution in [3.63, 3.8) is 0 Å². The van der Waals surface area contributed by atoms with Gasteiger partial charge in [-0.1, -0.05) is 18.2 Å². The van der Waals surface area contributed by atoms with Gasteiger partial charge in [-0.25, -0.2) is 0 Å². The van der Waals surface area contributed by atoms with Crippen LogP contribution < -0.4 is 28.9 Å². The maximum absolute atomic E-state index is 12.8. The standard InChI is InChI=1S/C20H25O3P.Li/c1-12-11-13(2)19(15(4)14(12)3)20(21)24-18-9-7-17(8-10-18)23-16(5)22-6;/h7-11,16,24H,1-6H3;/q;+1. The summed E-state index contributed by atoms with van der Waals surface area (Å²) in [7, 11) is 1.71. The Morgan fingerprint density at radius 2 is 1.60 bits per heavy atom. The van der Waals surface area contributed by atoms with Crippen molar-refractivity contribution in [2.45, 2.75) is 40.9 Å². The van der Waals surface area contributed by atoms with Gasteiger partial charge in [0.25, 0.3) is 0 Å². The van der Waals surface area contributed by atoms with Gasteiger partial charge in [0.05, 0.1) is 0 Å². The van der Waals surface area contributed by atoms with Gasteiger partial charge in [0.1, 0.15) is 5.75 Å². The second-order valence-corrected chi connectivity index (χ2v) is 7.32. The predicted molar refractivity (Wildman–Crippen MR) is 101 cm³/mol. The second-order valence-electron chi connectivity index (χ2n) is 6.04. The average Bonchev–Trinajstić information content (AvgIpc) is 2.54. The fraction of sp³-hybridized carbons (Fsp3) is 0.350. The number of hydrogen-bond donors (Lipinski definition) is 0. The van der Waals surface area contributed by atoms with Gasteiger partial charge in [0.2, 0.25) is 0 Å². The molecule has 0 fully saturated rings. The normalized spacial score (nSPS) is 12.1. The van der Waals surface area contributed by atoms with Crippen LogP contribution >= 0.6 is 8.58 Å². The summed E-state index contributed by atoms with van der Waals surface area (Å²) in [5.41, 5.74) is 5.64. The maximum atomic E-state index is 12.8. The Bertz CT molecular complexity index is 742. The molecular formula is C20H25LiO3P+. The Morgan fingerprint density at radius 1 is 1.00 bits per heavy atom. The molecule has 0 heterocycles. The first-order valence-electron chi connectivity index (χ1n) is 8.01. The van der Waals surface area contributed by atoms with Crippen LogP contribution in [0, 0.1) is 27.7 Å². The quantitative estimate of drug-likeness (QED) is 0.449. The zero-order valence-electron chi connectivity index (χ0n) is 16.2. The molecule has 0 aliphatic rings. The first-order chi connectivity index (χ1) is 11.3. The Kier molecular flexibility index (Phi) is 8.39. The Hall–Kier alpha value is -1.10. The molecule has 0 aliphatic heterocycles. The molecule has 0 saturated carbocycles. The van der Waals surface area contributed by atoms with Crippen molar-refractivity contribution < 1.29 is 33.1 Å². The van der Waals surface area contributed by atoms with Crippen molar-refractivity contribution in [2.75, 3.05) is 7.11 Å². The van der Waals surface area contributed by atoms with E-state index in [1.54, 1.807) is 7.11 Å². The number of carbonyl (C=O) groups is 1. The fourth-order valence-electron chi connectivity index (χ4n) is 2.68. The van der Waals surface area contributed by atoms with Crippen molar-refractivity contribution in [2.24, 2.45) is 0 Å². The Labute approximate surface area is 164 Å². The molecule has 2 aromatic carbocycles. The molecule has 0 aliphatic carbocycles. The fourth-order valence-corrected chi connectivity index (χ4v) is 3.79. The van der Waals surface area contributed by atoms with E-state index in [9.17, 15) is 4.79 Å². The SMILES string of the molecule is COC(C)Oc1ccc(PC(=O)c2c(C)cc(C)c(C)c2C)cc1.[Li+]. The summed E-state index contributed by atoms with van der Waals surface area (Å²) >= 11 is 0. The molecule has 0 bridgehead atoms. The van der Waals surface area contributed by atoms with Crippen LogP contribution in [0.3, 0.4) is 0 Å². The van der Waals surface area contributed by atoms with E-state index >= 15 is 0 Å². The van der Waals surface area contributed by atoms with E-state index in [-0.39, 0.29) is 39.3 Å². The zero-order chi connectivity index (χ0) is 17.9. The summed E-state index contributed by atoms with van der Waals surface area (Å²) in [4.78, 5) is 12.8. The zero-order valence-corrected chi connectivity index (χ0v) is 17.2. The minimum atomic E-state index is -0.291. The first kappa shape index (κ1) is 21.9. The number of rotatable bonds is 6. The number of aryl methyl sites for hydroxylation is 2. The summed E-state index contributed by atoms with van der Waals surface area (Å²) in [5.74, 6) is 0.740. The molecule has 3 nitrogen and oxygen atoms in total. The van der Waals surface area contributed by atoms with Crippen LogP contribution in [0.4, 0.5) is 0 Å². The van der Waals surface area contributed by atoms with Crippen LogP contribution in [0.2, 0.25) is 0 Å². The van der Waals surface area contributed by atoms with Crippen LogP contribution in [-0.4, -0.2) is 18.9 Å². The number of ether oxygens (including phenoxy) is 2. The van der Waals surface area contributed by atoms with E-state index < -0.39 is 0 Å². The Morgan fingerprint density at radius 3 is 2.16 bits per heavy atom. The van der Waals surface area contributed by atoms with Crippen LogP contribution in [-0.2, 0) is 4.74 Å². The van der Waals surface area contributed by atoms with Crippen molar-refractivity contribution in [3.8, 4) is 5.75 Å². The molecule has 2 aromatic rings. The minimum absolute atomic E-state index is 0. The third-order valence-corrected chi connectivity index (χ3v) is 5.43. The third-order valence-electron chi connectivity index (χ3n) is 4.33. The summed E-state index contributed by atoms with van der Waals surface area (Å²) < 4.78 is 10.7. The monoisotopic (exact) mass is 351 g/mol. The van der Waals surface area contributed by atoms with Gasteiger partial charge in [0, 0.05) is 12.7 Å². The molecule has 0 amide bonds. The van der Waals surface area contributed by atoms with E-state index in [4.69, 9.17) is 9.47 Å². The molecule has 128 valence electrons. The van der Waals surface area contributed by atoms with E-state index in [1.165, 1.54) is 11.1 Å². The molecule has 5 heteroatoms.